The summed E-state index contributed by atoms with van der Waals surface area (Å²) in [6.07, 6.45) is 1.28. The summed E-state index contributed by atoms with van der Waals surface area (Å²) in [6.45, 7) is 5.33. The van der Waals surface area contributed by atoms with E-state index in [1.165, 1.54) is 31.3 Å². The zero-order chi connectivity index (χ0) is 23.5. The molecule has 3 rings (SSSR count). The molecule has 11 heteroatoms. The number of hydrogen-bond acceptors (Lipinski definition) is 6. The van der Waals surface area contributed by atoms with Crippen LogP contribution in [0.15, 0.2) is 36.5 Å². The highest BCUT2D eigenvalue weighted by atomic mass is 35.5. The molecule has 1 aliphatic heterocycles. The number of carbonyl (C=O) groups excluding carboxylic acids is 1. The van der Waals surface area contributed by atoms with E-state index in [-0.39, 0.29) is 40.8 Å². The van der Waals surface area contributed by atoms with Gasteiger partial charge in [0.1, 0.15) is 11.1 Å². The molecule has 1 saturated heterocycles. The van der Waals surface area contributed by atoms with Crippen LogP contribution in [0.5, 0.6) is 5.88 Å². The SMILES string of the molecule is CC1CN(Cc2ccc(F)cc2)CCN1C(=O)COc1ncc(Cl)cc1C(C)S(=O)(=O)O. The lowest BCUT2D eigenvalue weighted by Gasteiger charge is -2.39. The number of halogens is 2. The number of pyridine rings is 1. The van der Waals surface area contributed by atoms with Gasteiger partial charge in [0.05, 0.1) is 5.02 Å². The topological polar surface area (TPSA) is 100 Å². The van der Waals surface area contributed by atoms with Gasteiger partial charge < -0.3 is 9.64 Å². The van der Waals surface area contributed by atoms with Crippen molar-refractivity contribution in [1.29, 1.82) is 0 Å². The lowest BCUT2D eigenvalue weighted by molar-refractivity contribution is -0.138. The van der Waals surface area contributed by atoms with Crippen LogP contribution in [-0.2, 0) is 21.5 Å². The van der Waals surface area contributed by atoms with Crippen LogP contribution in [0.3, 0.4) is 0 Å². The Bertz CT molecular complexity index is 1070. The Morgan fingerprint density at radius 3 is 2.66 bits per heavy atom. The van der Waals surface area contributed by atoms with Crippen molar-refractivity contribution in [2.24, 2.45) is 0 Å². The van der Waals surface area contributed by atoms with Crippen LogP contribution >= 0.6 is 11.6 Å². The maximum absolute atomic E-state index is 13.1. The van der Waals surface area contributed by atoms with Crippen molar-refractivity contribution in [2.45, 2.75) is 31.7 Å². The Morgan fingerprint density at radius 1 is 1.34 bits per heavy atom. The monoisotopic (exact) mass is 485 g/mol. The van der Waals surface area contributed by atoms with Crippen molar-refractivity contribution >= 4 is 27.6 Å². The van der Waals surface area contributed by atoms with Gasteiger partial charge in [0.2, 0.25) is 5.88 Å². The number of hydrogen-bond donors (Lipinski definition) is 1. The number of ether oxygens (including phenoxy) is 1. The fourth-order valence-electron chi connectivity index (χ4n) is 3.62. The lowest BCUT2D eigenvalue weighted by Crippen LogP contribution is -2.54. The first-order chi connectivity index (χ1) is 15.0. The van der Waals surface area contributed by atoms with Crippen LogP contribution in [0, 0.1) is 5.82 Å². The van der Waals surface area contributed by atoms with Crippen LogP contribution in [0.4, 0.5) is 4.39 Å². The molecule has 2 aromatic rings. The third kappa shape index (κ3) is 6.16. The Kier molecular flexibility index (Phi) is 7.71. The zero-order valence-corrected chi connectivity index (χ0v) is 19.3. The Labute approximate surface area is 191 Å². The second kappa shape index (κ2) is 10.1. The van der Waals surface area contributed by atoms with E-state index in [4.69, 9.17) is 16.3 Å². The minimum Gasteiger partial charge on any atom is -0.467 e. The van der Waals surface area contributed by atoms with Gasteiger partial charge in [-0.25, -0.2) is 9.37 Å². The molecule has 174 valence electrons. The third-order valence-electron chi connectivity index (χ3n) is 5.41. The van der Waals surface area contributed by atoms with Crippen molar-refractivity contribution in [3.05, 3.63) is 58.5 Å². The van der Waals surface area contributed by atoms with Crippen LogP contribution in [0.2, 0.25) is 5.02 Å². The summed E-state index contributed by atoms with van der Waals surface area (Å²) in [7, 11) is -4.40. The summed E-state index contributed by atoms with van der Waals surface area (Å²) in [5, 5.41) is -1.13. The molecule has 0 spiro atoms. The second-order valence-corrected chi connectivity index (χ2v) is 9.97. The first kappa shape index (κ1) is 24.4. The van der Waals surface area contributed by atoms with Gasteiger partial charge in [-0.1, -0.05) is 23.7 Å². The van der Waals surface area contributed by atoms with Crippen molar-refractivity contribution in [1.82, 2.24) is 14.8 Å². The van der Waals surface area contributed by atoms with Gasteiger partial charge in [-0.3, -0.25) is 14.2 Å². The van der Waals surface area contributed by atoms with E-state index in [1.807, 2.05) is 6.92 Å². The van der Waals surface area contributed by atoms with E-state index in [0.29, 0.717) is 26.2 Å². The molecule has 0 bridgehead atoms. The maximum Gasteiger partial charge on any atom is 0.271 e. The zero-order valence-electron chi connectivity index (χ0n) is 17.7. The maximum atomic E-state index is 13.1. The van der Waals surface area contributed by atoms with Crippen LogP contribution < -0.4 is 4.74 Å². The minimum absolute atomic E-state index is 0.0736. The lowest BCUT2D eigenvalue weighted by atomic mass is 10.1. The van der Waals surface area contributed by atoms with Gasteiger partial charge in [-0.15, -0.1) is 0 Å². The smallest absolute Gasteiger partial charge is 0.271 e. The summed E-state index contributed by atoms with van der Waals surface area (Å²) in [5.74, 6) is -0.613. The molecule has 2 heterocycles. The molecule has 1 aromatic carbocycles. The molecule has 32 heavy (non-hydrogen) atoms. The number of benzene rings is 1. The fraction of sp³-hybridized carbons (Fsp3) is 0.429. The summed E-state index contributed by atoms with van der Waals surface area (Å²) in [5.41, 5.74) is 1.07. The number of nitrogens with zero attached hydrogens (tertiary/aromatic N) is 3. The standard InChI is InChI=1S/C21H25ClFN3O5S/c1-14-11-25(12-16-3-5-18(23)6-4-16)7-8-26(14)20(27)13-31-21-19(9-17(22)10-24-21)15(2)32(28,29)30/h3-6,9-10,14-15H,7-8,11-13H2,1-2H3,(H,28,29,30). The van der Waals surface area contributed by atoms with E-state index >= 15 is 0 Å². The molecular formula is C21H25ClFN3O5S. The van der Waals surface area contributed by atoms with Gasteiger partial charge in [-0.05, 0) is 37.6 Å². The molecule has 1 aliphatic rings. The quantitative estimate of drug-likeness (QED) is 0.602. The molecule has 2 atom stereocenters. The molecule has 2 unspecified atom stereocenters. The number of carbonyl (C=O) groups is 1. The summed E-state index contributed by atoms with van der Waals surface area (Å²) in [6, 6.07) is 7.61. The number of piperazine rings is 1. The van der Waals surface area contributed by atoms with E-state index in [2.05, 4.69) is 9.88 Å². The highest BCUT2D eigenvalue weighted by Gasteiger charge is 2.29. The molecule has 1 aromatic heterocycles. The van der Waals surface area contributed by atoms with E-state index in [9.17, 15) is 22.2 Å². The van der Waals surface area contributed by atoms with E-state index in [0.717, 1.165) is 5.56 Å². The van der Waals surface area contributed by atoms with Crippen molar-refractivity contribution in [2.75, 3.05) is 26.2 Å². The number of amides is 1. The van der Waals surface area contributed by atoms with Gasteiger partial charge in [-0.2, -0.15) is 8.42 Å². The molecule has 1 N–H and O–H groups in total. The van der Waals surface area contributed by atoms with Crippen LogP contribution in [0.25, 0.3) is 0 Å². The highest BCUT2D eigenvalue weighted by molar-refractivity contribution is 7.86. The van der Waals surface area contributed by atoms with Crippen LogP contribution in [0.1, 0.15) is 30.2 Å². The van der Waals surface area contributed by atoms with Crippen molar-refractivity contribution in [3.8, 4) is 5.88 Å². The average Bonchev–Trinajstić information content (AvgIpc) is 2.73. The fourth-order valence-corrected chi connectivity index (χ4v) is 4.28. The molecule has 0 saturated carbocycles. The summed E-state index contributed by atoms with van der Waals surface area (Å²) >= 11 is 5.90. The molecule has 8 nitrogen and oxygen atoms in total. The summed E-state index contributed by atoms with van der Waals surface area (Å²) < 4.78 is 51.0. The van der Waals surface area contributed by atoms with Gasteiger partial charge >= 0.3 is 0 Å². The Morgan fingerprint density at radius 2 is 2.03 bits per heavy atom. The first-order valence-electron chi connectivity index (χ1n) is 10.1. The first-order valence-corrected chi connectivity index (χ1v) is 11.9. The van der Waals surface area contributed by atoms with Crippen LogP contribution in [-0.4, -0.2) is 65.9 Å². The number of aromatic nitrogens is 1. The Hall–Kier alpha value is -2.27. The second-order valence-electron chi connectivity index (χ2n) is 7.79. The van der Waals surface area contributed by atoms with Gasteiger partial charge in [0.15, 0.2) is 6.61 Å². The summed E-state index contributed by atoms with van der Waals surface area (Å²) in [4.78, 5) is 20.6. The predicted molar refractivity (Wildman–Crippen MR) is 118 cm³/mol. The normalized spacial score (nSPS) is 18.4. The van der Waals surface area contributed by atoms with Crippen molar-refractivity contribution < 1.29 is 26.9 Å². The van der Waals surface area contributed by atoms with E-state index in [1.54, 1.807) is 17.0 Å². The van der Waals surface area contributed by atoms with Crippen molar-refractivity contribution in [3.63, 3.8) is 0 Å². The molecule has 1 amide bonds. The van der Waals surface area contributed by atoms with E-state index < -0.39 is 15.4 Å². The van der Waals surface area contributed by atoms with Gasteiger partial charge in [0, 0.05) is 44.0 Å². The largest absolute Gasteiger partial charge is 0.467 e. The molecule has 1 fully saturated rings. The molecule has 0 radical (unpaired) electrons. The molecule has 0 aliphatic carbocycles. The molecular weight excluding hydrogens is 461 g/mol. The Balaban J connectivity index is 1.60. The average molecular weight is 486 g/mol. The minimum atomic E-state index is -4.40. The third-order valence-corrected chi connectivity index (χ3v) is 6.77. The highest BCUT2D eigenvalue weighted by Crippen LogP contribution is 2.30. The predicted octanol–water partition coefficient (Wildman–Crippen LogP) is 2.93. The number of rotatable bonds is 7. The van der Waals surface area contributed by atoms with Gasteiger partial charge in [0.25, 0.3) is 16.0 Å².